The van der Waals surface area contributed by atoms with Crippen LogP contribution in [0.15, 0.2) is 61.2 Å². The van der Waals surface area contributed by atoms with E-state index in [0.29, 0.717) is 11.5 Å². The van der Waals surface area contributed by atoms with Crippen LogP contribution in [0.4, 0.5) is 17.6 Å². The van der Waals surface area contributed by atoms with Gasteiger partial charge in [-0.2, -0.15) is 4.39 Å². The smallest absolute Gasteiger partial charge is 0.201 e. The average molecular weight is 485 g/mol. The molecule has 1 fully saturated rings. The maximum Gasteiger partial charge on any atom is 0.201 e. The summed E-state index contributed by atoms with van der Waals surface area (Å²) in [6.07, 6.45) is 5.94. The molecule has 184 valence electrons. The predicted molar refractivity (Wildman–Crippen MR) is 129 cm³/mol. The van der Waals surface area contributed by atoms with Gasteiger partial charge in [0.2, 0.25) is 5.82 Å². The molecule has 2 atom stereocenters. The Hall–Kier alpha value is -3.12. The molecule has 0 spiro atoms. The number of rotatable bonds is 8. The lowest BCUT2D eigenvalue weighted by Crippen LogP contribution is -2.24. The van der Waals surface area contributed by atoms with Gasteiger partial charge in [-0.15, -0.1) is 6.58 Å². The molecule has 3 aromatic rings. The molecule has 2 unspecified atom stereocenters. The van der Waals surface area contributed by atoms with E-state index in [0.717, 1.165) is 37.9 Å². The van der Waals surface area contributed by atoms with Crippen molar-refractivity contribution in [2.24, 2.45) is 5.92 Å². The Morgan fingerprint density at radius 3 is 2.11 bits per heavy atom. The highest BCUT2D eigenvalue weighted by molar-refractivity contribution is 5.72. The van der Waals surface area contributed by atoms with Crippen molar-refractivity contribution < 1.29 is 27.0 Å². The molecule has 4 rings (SSSR count). The van der Waals surface area contributed by atoms with Gasteiger partial charge in [-0.25, -0.2) is 13.2 Å². The molecule has 6 heteroatoms. The van der Waals surface area contributed by atoms with Crippen molar-refractivity contribution in [1.82, 2.24) is 0 Å². The zero-order valence-corrected chi connectivity index (χ0v) is 19.6. The van der Waals surface area contributed by atoms with Crippen molar-refractivity contribution in [2.75, 3.05) is 13.2 Å². The largest absolute Gasteiger partial charge is 0.491 e. The Bertz CT molecular complexity index is 1180. The van der Waals surface area contributed by atoms with Crippen LogP contribution in [0.5, 0.6) is 5.75 Å². The van der Waals surface area contributed by atoms with E-state index in [-0.39, 0.29) is 35.2 Å². The average Bonchev–Trinajstić information content (AvgIpc) is 2.88. The van der Waals surface area contributed by atoms with Crippen molar-refractivity contribution in [2.45, 2.75) is 38.7 Å². The van der Waals surface area contributed by atoms with Crippen molar-refractivity contribution >= 4 is 0 Å². The summed E-state index contributed by atoms with van der Waals surface area (Å²) in [5, 5.41) is 0. The SMILES string of the molecule is C=CC1CCC(CCc2ccc(-c3ccc(-c4ccc(OCC)c(F)c4F)c(F)c3F)cc2)CO1. The van der Waals surface area contributed by atoms with E-state index in [1.54, 1.807) is 19.1 Å². The van der Waals surface area contributed by atoms with Crippen LogP contribution in [0.25, 0.3) is 22.3 Å². The minimum Gasteiger partial charge on any atom is -0.491 e. The van der Waals surface area contributed by atoms with Crippen LogP contribution in [0, 0.1) is 29.2 Å². The third kappa shape index (κ3) is 5.43. The number of hydrogen-bond acceptors (Lipinski definition) is 2. The minimum atomic E-state index is -1.28. The van der Waals surface area contributed by atoms with Crippen LogP contribution >= 0.6 is 0 Å². The number of hydrogen-bond donors (Lipinski definition) is 0. The highest BCUT2D eigenvalue weighted by atomic mass is 19.2. The van der Waals surface area contributed by atoms with Gasteiger partial charge >= 0.3 is 0 Å². The van der Waals surface area contributed by atoms with E-state index in [2.05, 4.69) is 6.58 Å². The van der Waals surface area contributed by atoms with E-state index in [1.807, 2.05) is 18.2 Å². The summed E-state index contributed by atoms with van der Waals surface area (Å²) in [6, 6.07) is 12.3. The molecule has 1 saturated heterocycles. The first-order chi connectivity index (χ1) is 16.9. The predicted octanol–water partition coefficient (Wildman–Crippen LogP) is 7.89. The molecule has 0 saturated carbocycles. The van der Waals surface area contributed by atoms with Crippen LogP contribution in [0.3, 0.4) is 0 Å². The molecule has 35 heavy (non-hydrogen) atoms. The topological polar surface area (TPSA) is 18.5 Å². The van der Waals surface area contributed by atoms with Gasteiger partial charge in [-0.05, 0) is 61.8 Å². The first kappa shape index (κ1) is 25.0. The van der Waals surface area contributed by atoms with E-state index >= 15 is 0 Å². The normalized spacial score (nSPS) is 17.9. The van der Waals surface area contributed by atoms with Crippen LogP contribution in [0.1, 0.15) is 31.7 Å². The Balaban J connectivity index is 1.49. The molecule has 0 bridgehead atoms. The minimum absolute atomic E-state index is 0.0563. The second-order valence-corrected chi connectivity index (χ2v) is 8.75. The quantitative estimate of drug-likeness (QED) is 0.239. The van der Waals surface area contributed by atoms with Gasteiger partial charge in [0.1, 0.15) is 0 Å². The summed E-state index contributed by atoms with van der Waals surface area (Å²) in [5.41, 5.74) is 0.945. The third-order valence-electron chi connectivity index (χ3n) is 6.49. The fraction of sp³-hybridized carbons (Fsp3) is 0.310. The standard InChI is InChI=1S/C29H28F4O2/c1-3-21-12-9-19(17-35-21)6-5-18-7-10-20(11-8-18)22-13-14-23(27(31)26(22)30)24-15-16-25(34-4-2)29(33)28(24)32/h3,7-8,10-11,13-16,19,21H,1,4-6,9,12,17H2,2H3. The van der Waals surface area contributed by atoms with Gasteiger partial charge in [0.25, 0.3) is 0 Å². The van der Waals surface area contributed by atoms with Crippen LogP contribution in [-0.2, 0) is 11.2 Å². The molecular weight excluding hydrogens is 456 g/mol. The second-order valence-electron chi connectivity index (χ2n) is 8.75. The van der Waals surface area contributed by atoms with E-state index in [9.17, 15) is 17.6 Å². The van der Waals surface area contributed by atoms with E-state index < -0.39 is 23.3 Å². The van der Waals surface area contributed by atoms with Gasteiger partial charge in [0.15, 0.2) is 23.2 Å². The zero-order valence-electron chi connectivity index (χ0n) is 19.6. The lowest BCUT2D eigenvalue weighted by Gasteiger charge is -2.27. The van der Waals surface area contributed by atoms with Gasteiger partial charge in [-0.3, -0.25) is 0 Å². The monoisotopic (exact) mass is 484 g/mol. The Kier molecular flexibility index (Phi) is 7.91. The second kappa shape index (κ2) is 11.1. The van der Waals surface area contributed by atoms with Crippen LogP contribution in [0.2, 0.25) is 0 Å². The summed E-state index contributed by atoms with van der Waals surface area (Å²) in [6.45, 7) is 6.28. The van der Waals surface area contributed by atoms with Gasteiger partial charge < -0.3 is 9.47 Å². The van der Waals surface area contributed by atoms with Gasteiger partial charge in [0, 0.05) is 16.7 Å². The highest BCUT2D eigenvalue weighted by Gasteiger charge is 2.22. The molecule has 3 aromatic carbocycles. The number of benzene rings is 3. The molecule has 0 N–H and O–H groups in total. The molecular formula is C29H28F4O2. The summed E-state index contributed by atoms with van der Waals surface area (Å²) in [5.74, 6) is -4.63. The third-order valence-corrected chi connectivity index (χ3v) is 6.49. The molecule has 2 nitrogen and oxygen atoms in total. The van der Waals surface area contributed by atoms with Crippen molar-refractivity contribution in [3.63, 3.8) is 0 Å². The molecule has 1 heterocycles. The highest BCUT2D eigenvalue weighted by Crippen LogP contribution is 2.35. The number of aryl methyl sites for hydroxylation is 1. The van der Waals surface area contributed by atoms with Crippen LogP contribution in [-0.4, -0.2) is 19.3 Å². The maximum atomic E-state index is 15.0. The Labute approximate surface area is 203 Å². The Morgan fingerprint density at radius 1 is 0.857 bits per heavy atom. The molecule has 0 amide bonds. The first-order valence-electron chi connectivity index (χ1n) is 11.9. The number of halogens is 4. The van der Waals surface area contributed by atoms with Crippen molar-refractivity contribution in [3.8, 4) is 28.0 Å². The van der Waals surface area contributed by atoms with E-state index in [1.165, 1.54) is 24.3 Å². The molecule has 0 aliphatic carbocycles. The lowest BCUT2D eigenvalue weighted by molar-refractivity contribution is 0.00886. The van der Waals surface area contributed by atoms with Crippen LogP contribution < -0.4 is 4.74 Å². The fourth-order valence-electron chi connectivity index (χ4n) is 4.45. The zero-order chi connectivity index (χ0) is 24.9. The lowest BCUT2D eigenvalue weighted by atomic mass is 9.91. The number of ether oxygens (including phenoxy) is 2. The van der Waals surface area contributed by atoms with Crippen molar-refractivity contribution in [3.05, 3.63) is 90.0 Å². The maximum absolute atomic E-state index is 15.0. The fourth-order valence-corrected chi connectivity index (χ4v) is 4.45. The summed E-state index contributed by atoms with van der Waals surface area (Å²) >= 11 is 0. The van der Waals surface area contributed by atoms with Crippen molar-refractivity contribution in [1.29, 1.82) is 0 Å². The van der Waals surface area contributed by atoms with Gasteiger partial charge in [-0.1, -0.05) is 42.5 Å². The molecule has 1 aliphatic heterocycles. The van der Waals surface area contributed by atoms with E-state index in [4.69, 9.17) is 9.47 Å². The molecule has 0 aromatic heterocycles. The molecule has 0 radical (unpaired) electrons. The first-order valence-corrected chi connectivity index (χ1v) is 11.9. The van der Waals surface area contributed by atoms with Gasteiger partial charge in [0.05, 0.1) is 19.3 Å². The summed E-state index contributed by atoms with van der Waals surface area (Å²) in [4.78, 5) is 0. The Morgan fingerprint density at radius 2 is 1.49 bits per heavy atom. The summed E-state index contributed by atoms with van der Waals surface area (Å²) < 4.78 is 69.5. The summed E-state index contributed by atoms with van der Waals surface area (Å²) in [7, 11) is 0. The molecule has 1 aliphatic rings.